The average molecular weight is 729 g/mol. The quantitative estimate of drug-likeness (QED) is 0.181. The van der Waals surface area contributed by atoms with Gasteiger partial charge in [0.1, 0.15) is 0 Å². The van der Waals surface area contributed by atoms with Gasteiger partial charge < -0.3 is 4.57 Å². The van der Waals surface area contributed by atoms with Crippen LogP contribution in [0.5, 0.6) is 0 Å². The summed E-state index contributed by atoms with van der Waals surface area (Å²) in [5.74, 6) is 0.669. The molecule has 57 heavy (non-hydrogen) atoms. The van der Waals surface area contributed by atoms with Crippen LogP contribution in [-0.2, 0) is 5.41 Å². The van der Waals surface area contributed by atoms with Crippen molar-refractivity contribution in [2.45, 2.75) is 19.3 Å². The van der Waals surface area contributed by atoms with E-state index in [0.717, 1.165) is 38.9 Å². The lowest BCUT2D eigenvalue weighted by atomic mass is 9.80. The number of benzene rings is 8. The molecule has 268 valence electrons. The largest absolute Gasteiger partial charge is 0.309 e. The van der Waals surface area contributed by atoms with Crippen molar-refractivity contribution in [3.63, 3.8) is 0 Å². The molecule has 3 aromatic heterocycles. The van der Waals surface area contributed by atoms with Crippen molar-refractivity contribution in [3.8, 4) is 45.1 Å². The van der Waals surface area contributed by atoms with Gasteiger partial charge in [-0.25, -0.2) is 9.97 Å². The van der Waals surface area contributed by atoms with Crippen molar-refractivity contribution in [1.29, 1.82) is 0 Å². The highest BCUT2D eigenvalue weighted by Crippen LogP contribution is 2.52. The van der Waals surface area contributed by atoms with Gasteiger partial charge in [0.15, 0.2) is 0 Å². The van der Waals surface area contributed by atoms with Gasteiger partial charge in [0, 0.05) is 43.6 Å². The van der Waals surface area contributed by atoms with E-state index >= 15 is 0 Å². The highest BCUT2D eigenvalue weighted by atomic mass is 15.2. The van der Waals surface area contributed by atoms with Crippen molar-refractivity contribution < 1.29 is 0 Å². The van der Waals surface area contributed by atoms with Crippen LogP contribution in [0.4, 0.5) is 0 Å². The monoisotopic (exact) mass is 728 g/mol. The van der Waals surface area contributed by atoms with Gasteiger partial charge in [-0.05, 0) is 81.9 Å². The van der Waals surface area contributed by atoms with Crippen LogP contribution in [0.15, 0.2) is 182 Å². The van der Waals surface area contributed by atoms with Crippen LogP contribution in [0.3, 0.4) is 0 Å². The number of fused-ring (bicyclic) bond motifs is 11. The van der Waals surface area contributed by atoms with Crippen LogP contribution in [0.1, 0.15) is 25.0 Å². The second-order valence-electron chi connectivity index (χ2n) is 15.8. The van der Waals surface area contributed by atoms with Gasteiger partial charge in [-0.3, -0.25) is 4.57 Å². The summed E-state index contributed by atoms with van der Waals surface area (Å²) in [5.41, 5.74) is 16.0. The maximum atomic E-state index is 5.54. The van der Waals surface area contributed by atoms with Gasteiger partial charge in [-0.1, -0.05) is 147 Å². The van der Waals surface area contributed by atoms with Crippen LogP contribution in [0.2, 0.25) is 0 Å². The summed E-state index contributed by atoms with van der Waals surface area (Å²) < 4.78 is 4.64. The maximum Gasteiger partial charge on any atom is 0.235 e. The molecule has 3 heterocycles. The summed E-state index contributed by atoms with van der Waals surface area (Å²) in [7, 11) is 0. The molecule has 0 radical (unpaired) electrons. The van der Waals surface area contributed by atoms with E-state index in [-0.39, 0.29) is 5.41 Å². The second kappa shape index (κ2) is 11.8. The molecule has 4 heteroatoms. The highest BCUT2D eigenvalue weighted by Gasteiger charge is 2.38. The predicted octanol–water partition coefficient (Wildman–Crippen LogP) is 13.5. The lowest BCUT2D eigenvalue weighted by Crippen LogP contribution is -2.16. The number of hydrogen-bond acceptors (Lipinski definition) is 2. The molecule has 0 saturated heterocycles. The SMILES string of the molecule is CC1(C)c2ccccc2-c2ccc3nc(-n4c5ccccc5c5cc(-c6ccc7c8ccccc8n(-c8ccccc8)c7c6)ccc54)nc(-c4ccccc4)c3c21. The topological polar surface area (TPSA) is 35.6 Å². The third kappa shape index (κ3) is 4.55. The smallest absolute Gasteiger partial charge is 0.235 e. The molecule has 0 saturated carbocycles. The molecule has 1 aliphatic carbocycles. The second-order valence-corrected chi connectivity index (χ2v) is 15.8. The van der Waals surface area contributed by atoms with E-state index < -0.39 is 0 Å². The Kier molecular flexibility index (Phi) is 6.65. The molecule has 0 spiro atoms. The summed E-state index contributed by atoms with van der Waals surface area (Å²) in [4.78, 5) is 11.0. The molecule has 0 amide bonds. The Balaban J connectivity index is 1.08. The number of hydrogen-bond donors (Lipinski definition) is 0. The van der Waals surface area contributed by atoms with Gasteiger partial charge >= 0.3 is 0 Å². The molecular formula is C53H36N4. The first kappa shape index (κ1) is 32.0. The molecule has 11 aromatic rings. The Hall–Kier alpha value is -7.30. The van der Waals surface area contributed by atoms with Crippen LogP contribution in [0.25, 0.3) is 99.7 Å². The van der Waals surface area contributed by atoms with E-state index in [2.05, 4.69) is 205 Å². The zero-order valence-corrected chi connectivity index (χ0v) is 31.6. The number of para-hydroxylation sites is 3. The van der Waals surface area contributed by atoms with Gasteiger partial charge in [0.25, 0.3) is 0 Å². The van der Waals surface area contributed by atoms with Crippen molar-refractivity contribution in [1.82, 2.24) is 19.1 Å². The number of nitrogens with zero attached hydrogens (tertiary/aromatic N) is 4. The maximum absolute atomic E-state index is 5.54. The van der Waals surface area contributed by atoms with Crippen molar-refractivity contribution in [2.24, 2.45) is 0 Å². The Morgan fingerprint density at radius 3 is 1.84 bits per heavy atom. The minimum Gasteiger partial charge on any atom is -0.309 e. The summed E-state index contributed by atoms with van der Waals surface area (Å²) in [6, 6.07) is 65.6. The molecule has 0 fully saturated rings. The van der Waals surface area contributed by atoms with E-state index in [1.807, 2.05) is 0 Å². The first-order valence-electron chi connectivity index (χ1n) is 19.7. The minimum absolute atomic E-state index is 0.207. The van der Waals surface area contributed by atoms with E-state index in [4.69, 9.17) is 9.97 Å². The van der Waals surface area contributed by atoms with E-state index in [1.54, 1.807) is 0 Å². The molecule has 0 N–H and O–H groups in total. The Labute approximate surface area is 329 Å². The first-order valence-corrected chi connectivity index (χ1v) is 19.7. The normalized spacial score (nSPS) is 13.2. The van der Waals surface area contributed by atoms with E-state index in [9.17, 15) is 0 Å². The van der Waals surface area contributed by atoms with Crippen LogP contribution in [-0.4, -0.2) is 19.1 Å². The lowest BCUT2D eigenvalue weighted by Gasteiger charge is -2.24. The summed E-state index contributed by atoms with van der Waals surface area (Å²) in [6.45, 7) is 4.67. The molecule has 0 atom stereocenters. The van der Waals surface area contributed by atoms with E-state index in [0.29, 0.717) is 5.95 Å². The zero-order chi connectivity index (χ0) is 37.8. The highest BCUT2D eigenvalue weighted by molar-refractivity contribution is 6.13. The molecule has 4 nitrogen and oxygen atoms in total. The number of aromatic nitrogens is 4. The van der Waals surface area contributed by atoms with Gasteiger partial charge in [-0.2, -0.15) is 0 Å². The van der Waals surface area contributed by atoms with Crippen LogP contribution in [0, 0.1) is 0 Å². The Bertz CT molecular complexity index is 3420. The number of rotatable bonds is 4. The van der Waals surface area contributed by atoms with Crippen molar-refractivity contribution in [2.75, 3.05) is 0 Å². The lowest BCUT2D eigenvalue weighted by molar-refractivity contribution is 0.666. The third-order valence-corrected chi connectivity index (χ3v) is 12.3. The molecule has 8 aromatic carbocycles. The van der Waals surface area contributed by atoms with Crippen LogP contribution < -0.4 is 0 Å². The molecule has 0 unspecified atom stereocenters. The summed E-state index contributed by atoms with van der Waals surface area (Å²) in [5, 5.41) is 5.96. The van der Waals surface area contributed by atoms with Crippen molar-refractivity contribution in [3.05, 3.63) is 193 Å². The molecule has 0 aliphatic heterocycles. The summed E-state index contributed by atoms with van der Waals surface area (Å²) in [6.07, 6.45) is 0. The van der Waals surface area contributed by atoms with Gasteiger partial charge in [0.2, 0.25) is 5.95 Å². The fourth-order valence-electron chi connectivity index (χ4n) is 9.76. The molecule has 0 bridgehead atoms. The summed E-state index contributed by atoms with van der Waals surface area (Å²) >= 11 is 0. The minimum atomic E-state index is -0.207. The molecular weight excluding hydrogens is 693 g/mol. The standard InChI is InChI=1S/C53H36N4/c1-53(2)43-22-12-9-19-37(43)41-28-29-44-49(50(41)53)51(33-15-5-3-6-16-33)55-52(54-44)57-46-24-14-11-21-39(46)42-31-34(26-30-47(42)57)35-25-27-40-38-20-10-13-23-45(38)56(48(40)32-35)36-17-7-4-8-18-36/h3-32H,1-2H3. The fraction of sp³-hybridized carbons (Fsp3) is 0.0566. The average Bonchev–Trinajstić information content (AvgIpc) is 3.86. The predicted molar refractivity (Wildman–Crippen MR) is 237 cm³/mol. The first-order chi connectivity index (χ1) is 28.0. The molecule has 1 aliphatic rings. The Morgan fingerprint density at radius 2 is 1.04 bits per heavy atom. The zero-order valence-electron chi connectivity index (χ0n) is 31.6. The van der Waals surface area contributed by atoms with Crippen LogP contribution >= 0.6 is 0 Å². The van der Waals surface area contributed by atoms with Gasteiger partial charge in [-0.15, -0.1) is 0 Å². The third-order valence-electron chi connectivity index (χ3n) is 12.3. The van der Waals surface area contributed by atoms with E-state index in [1.165, 1.54) is 66.0 Å². The molecule has 12 rings (SSSR count). The Morgan fingerprint density at radius 1 is 0.421 bits per heavy atom. The fourth-order valence-corrected chi connectivity index (χ4v) is 9.76. The van der Waals surface area contributed by atoms with Crippen molar-refractivity contribution >= 4 is 54.5 Å². The van der Waals surface area contributed by atoms with Gasteiger partial charge in [0.05, 0.1) is 33.3 Å².